The Morgan fingerprint density at radius 3 is 2.15 bits per heavy atom. The summed E-state index contributed by atoms with van der Waals surface area (Å²) >= 11 is 6.09. The number of halogens is 1. The molecular formula is C17H17ClO2. The van der Waals surface area contributed by atoms with Crippen LogP contribution in [-0.4, -0.2) is 5.78 Å². The number of Topliss-reactive ketones (excluding diaryl/α,β-unsaturated/α-hetero) is 1. The molecule has 0 radical (unpaired) electrons. The third kappa shape index (κ3) is 3.02. The highest BCUT2D eigenvalue weighted by atomic mass is 35.5. The van der Waals surface area contributed by atoms with Gasteiger partial charge in [0, 0.05) is 11.6 Å². The quantitative estimate of drug-likeness (QED) is 0.720. The van der Waals surface area contributed by atoms with E-state index in [1.54, 1.807) is 18.2 Å². The van der Waals surface area contributed by atoms with E-state index in [0.29, 0.717) is 16.3 Å². The molecular weight excluding hydrogens is 272 g/mol. The Bertz CT molecular complexity index is 652. The summed E-state index contributed by atoms with van der Waals surface area (Å²) in [7, 11) is 0. The van der Waals surface area contributed by atoms with Gasteiger partial charge in [-0.3, -0.25) is 4.79 Å². The fourth-order valence-electron chi connectivity index (χ4n) is 2.29. The van der Waals surface area contributed by atoms with Gasteiger partial charge in [0.1, 0.15) is 11.5 Å². The zero-order chi connectivity index (χ0) is 14.9. The van der Waals surface area contributed by atoms with Crippen molar-refractivity contribution in [3.05, 3.63) is 57.6 Å². The molecule has 20 heavy (non-hydrogen) atoms. The molecule has 0 N–H and O–H groups in total. The van der Waals surface area contributed by atoms with Crippen LogP contribution >= 0.6 is 11.6 Å². The zero-order valence-corrected chi connectivity index (χ0v) is 12.8. The van der Waals surface area contributed by atoms with Gasteiger partial charge in [0.2, 0.25) is 0 Å². The summed E-state index contributed by atoms with van der Waals surface area (Å²) in [5.41, 5.74) is 3.87. The molecule has 0 spiro atoms. The third-order valence-electron chi connectivity index (χ3n) is 3.14. The number of carbonyl (C=O) groups excluding carboxylic acids is 1. The molecule has 0 bridgehead atoms. The predicted octanol–water partition coefficient (Wildman–Crippen LogP) is 5.26. The number of carbonyl (C=O) groups is 1. The van der Waals surface area contributed by atoms with Crippen LogP contribution in [-0.2, 0) is 0 Å². The molecule has 0 aliphatic rings. The van der Waals surface area contributed by atoms with Gasteiger partial charge in [-0.2, -0.15) is 0 Å². The van der Waals surface area contributed by atoms with E-state index in [1.807, 2.05) is 13.8 Å². The van der Waals surface area contributed by atoms with Crippen LogP contribution in [0, 0.1) is 20.8 Å². The Morgan fingerprint density at radius 1 is 1.05 bits per heavy atom. The van der Waals surface area contributed by atoms with Gasteiger partial charge < -0.3 is 4.74 Å². The smallest absolute Gasteiger partial charge is 0.161 e. The van der Waals surface area contributed by atoms with Crippen LogP contribution in [0.2, 0.25) is 5.02 Å². The fraction of sp³-hybridized carbons (Fsp3) is 0.235. The Balaban J connectivity index is 2.36. The third-order valence-corrected chi connectivity index (χ3v) is 3.46. The number of hydrogen-bond acceptors (Lipinski definition) is 2. The highest BCUT2D eigenvalue weighted by Crippen LogP contribution is 2.32. The Morgan fingerprint density at radius 2 is 1.65 bits per heavy atom. The van der Waals surface area contributed by atoms with E-state index in [4.69, 9.17) is 16.3 Å². The van der Waals surface area contributed by atoms with Crippen LogP contribution in [0.25, 0.3) is 0 Å². The summed E-state index contributed by atoms with van der Waals surface area (Å²) in [6, 6.07) is 9.29. The molecule has 0 fully saturated rings. The van der Waals surface area contributed by atoms with Crippen molar-refractivity contribution in [1.29, 1.82) is 0 Å². The minimum absolute atomic E-state index is 0.0516. The average Bonchev–Trinajstić information content (AvgIpc) is 2.33. The molecule has 0 heterocycles. The normalized spacial score (nSPS) is 10.4. The lowest BCUT2D eigenvalue weighted by Gasteiger charge is -2.13. The topological polar surface area (TPSA) is 26.3 Å². The maximum absolute atomic E-state index is 11.4. The first-order valence-corrected chi connectivity index (χ1v) is 6.82. The van der Waals surface area contributed by atoms with Crippen molar-refractivity contribution >= 4 is 17.4 Å². The lowest BCUT2D eigenvalue weighted by molar-refractivity contribution is 0.101. The number of ether oxygens (including phenoxy) is 1. The van der Waals surface area contributed by atoms with Crippen molar-refractivity contribution in [1.82, 2.24) is 0 Å². The summed E-state index contributed by atoms with van der Waals surface area (Å²) in [5, 5.41) is 0.414. The van der Waals surface area contributed by atoms with Crippen LogP contribution in [0.15, 0.2) is 30.3 Å². The van der Waals surface area contributed by atoms with Crippen molar-refractivity contribution in [3.63, 3.8) is 0 Å². The van der Waals surface area contributed by atoms with Gasteiger partial charge in [-0.05, 0) is 51.0 Å². The van der Waals surface area contributed by atoms with Crippen LogP contribution < -0.4 is 4.74 Å². The summed E-state index contributed by atoms with van der Waals surface area (Å²) < 4.78 is 5.91. The average molecular weight is 289 g/mol. The van der Waals surface area contributed by atoms with Crippen molar-refractivity contribution < 1.29 is 9.53 Å². The number of rotatable bonds is 3. The van der Waals surface area contributed by atoms with Gasteiger partial charge in [-0.1, -0.05) is 29.3 Å². The minimum atomic E-state index is -0.0516. The van der Waals surface area contributed by atoms with E-state index in [-0.39, 0.29) is 5.78 Å². The highest BCUT2D eigenvalue weighted by molar-refractivity contribution is 6.34. The monoisotopic (exact) mass is 288 g/mol. The van der Waals surface area contributed by atoms with E-state index in [9.17, 15) is 4.79 Å². The molecule has 2 rings (SSSR count). The Kier molecular flexibility index (Phi) is 4.15. The van der Waals surface area contributed by atoms with E-state index >= 15 is 0 Å². The molecule has 2 nitrogen and oxygen atoms in total. The fourth-order valence-corrected chi connectivity index (χ4v) is 2.59. The largest absolute Gasteiger partial charge is 0.457 e. The molecule has 0 aliphatic carbocycles. The zero-order valence-electron chi connectivity index (χ0n) is 12.1. The second-order valence-corrected chi connectivity index (χ2v) is 5.43. The van der Waals surface area contributed by atoms with Crippen molar-refractivity contribution in [2.24, 2.45) is 0 Å². The SMILES string of the molecule is CC(=O)c1ccc(Oc2c(C)cc(C)cc2C)cc1Cl. The number of aryl methyl sites for hydroxylation is 3. The van der Waals surface area contributed by atoms with E-state index in [2.05, 4.69) is 19.1 Å². The van der Waals surface area contributed by atoms with Crippen LogP contribution in [0.1, 0.15) is 34.0 Å². The van der Waals surface area contributed by atoms with Crippen molar-refractivity contribution in [3.8, 4) is 11.5 Å². The van der Waals surface area contributed by atoms with Crippen LogP contribution in [0.5, 0.6) is 11.5 Å². The number of benzene rings is 2. The Hall–Kier alpha value is -1.80. The molecule has 0 saturated heterocycles. The molecule has 104 valence electrons. The molecule has 0 unspecified atom stereocenters. The van der Waals surface area contributed by atoms with Gasteiger partial charge in [0.05, 0.1) is 5.02 Å². The van der Waals surface area contributed by atoms with Crippen molar-refractivity contribution in [2.75, 3.05) is 0 Å². The van der Waals surface area contributed by atoms with Gasteiger partial charge in [0.25, 0.3) is 0 Å². The molecule has 0 atom stereocenters. The molecule has 0 aliphatic heterocycles. The minimum Gasteiger partial charge on any atom is -0.457 e. The summed E-state index contributed by atoms with van der Waals surface area (Å²) in [4.78, 5) is 11.4. The second kappa shape index (κ2) is 5.68. The highest BCUT2D eigenvalue weighted by Gasteiger charge is 2.10. The number of hydrogen-bond donors (Lipinski definition) is 0. The first-order chi connectivity index (χ1) is 9.38. The molecule has 0 aromatic heterocycles. The van der Waals surface area contributed by atoms with Gasteiger partial charge in [-0.25, -0.2) is 0 Å². The van der Waals surface area contributed by atoms with E-state index < -0.39 is 0 Å². The Labute approximate surface area is 124 Å². The molecule has 0 amide bonds. The number of ketones is 1. The molecule has 0 saturated carbocycles. The standard InChI is InChI=1S/C17H17ClO2/c1-10-7-11(2)17(12(3)8-10)20-14-5-6-15(13(4)19)16(18)9-14/h5-9H,1-4H3. The molecule has 3 heteroatoms. The first-order valence-electron chi connectivity index (χ1n) is 6.44. The van der Waals surface area contributed by atoms with Gasteiger partial charge in [-0.15, -0.1) is 0 Å². The summed E-state index contributed by atoms with van der Waals surface area (Å²) in [5.74, 6) is 1.42. The van der Waals surface area contributed by atoms with Gasteiger partial charge in [0.15, 0.2) is 5.78 Å². The predicted molar refractivity (Wildman–Crippen MR) is 82.2 cm³/mol. The van der Waals surface area contributed by atoms with Crippen LogP contribution in [0.3, 0.4) is 0 Å². The maximum Gasteiger partial charge on any atom is 0.161 e. The molecule has 2 aromatic rings. The van der Waals surface area contributed by atoms with E-state index in [1.165, 1.54) is 12.5 Å². The summed E-state index contributed by atoms with van der Waals surface area (Å²) in [6.07, 6.45) is 0. The lowest BCUT2D eigenvalue weighted by atomic mass is 10.1. The summed E-state index contributed by atoms with van der Waals surface area (Å²) in [6.45, 7) is 7.58. The van der Waals surface area contributed by atoms with Gasteiger partial charge >= 0.3 is 0 Å². The molecule has 2 aromatic carbocycles. The maximum atomic E-state index is 11.4. The first kappa shape index (κ1) is 14.6. The van der Waals surface area contributed by atoms with E-state index in [0.717, 1.165) is 16.9 Å². The van der Waals surface area contributed by atoms with Crippen molar-refractivity contribution in [2.45, 2.75) is 27.7 Å². The lowest BCUT2D eigenvalue weighted by Crippen LogP contribution is -1.96. The van der Waals surface area contributed by atoms with Crippen LogP contribution in [0.4, 0.5) is 0 Å². The second-order valence-electron chi connectivity index (χ2n) is 5.03.